The number of ketones is 1. The minimum Gasteiger partial charge on any atom is -1.00 e. The zero-order chi connectivity index (χ0) is 35.4. The van der Waals surface area contributed by atoms with E-state index in [1.165, 1.54) is 61.6 Å². The average Bonchev–Trinajstić information content (AvgIpc) is 3.71. The quantitative estimate of drug-likeness (QED) is 0.173. The van der Waals surface area contributed by atoms with Crippen LogP contribution in [0.2, 0.25) is 0 Å². The summed E-state index contributed by atoms with van der Waals surface area (Å²) in [5, 5.41) is 0. The summed E-state index contributed by atoms with van der Waals surface area (Å²) in [5.41, 5.74) is 7.99. The first-order chi connectivity index (χ1) is 24.4. The molecule has 11 atom stereocenters. The number of benzene rings is 2. The molecule has 2 saturated heterocycles. The van der Waals surface area contributed by atoms with Crippen LogP contribution >= 0.6 is 0 Å². The highest BCUT2D eigenvalue weighted by atomic mass is 79.9. The van der Waals surface area contributed by atoms with Gasteiger partial charge in [-0.25, -0.2) is 9.13 Å². The Bertz CT molecular complexity index is 1890. The van der Waals surface area contributed by atoms with Crippen LogP contribution in [0, 0.1) is 60.2 Å². The molecule has 52 heavy (non-hydrogen) atoms. The molecule has 4 aliphatic carbocycles. The Hall–Kier alpha value is -2.48. The van der Waals surface area contributed by atoms with Gasteiger partial charge in [-0.2, -0.15) is 0 Å². The van der Waals surface area contributed by atoms with E-state index in [0.717, 1.165) is 54.0 Å². The van der Waals surface area contributed by atoms with Crippen molar-refractivity contribution in [2.75, 3.05) is 13.7 Å². The third-order valence-corrected chi connectivity index (χ3v) is 15.9. The van der Waals surface area contributed by atoms with Crippen LogP contribution in [-0.2, 0) is 16.0 Å². The second-order valence-corrected chi connectivity index (χ2v) is 18.4. The number of nitrogens with zero attached hydrogens (tertiary/aromatic N) is 2. The molecule has 0 N–H and O–H groups in total. The van der Waals surface area contributed by atoms with Crippen LogP contribution in [0.5, 0.6) is 5.75 Å². The number of aromatic nitrogens is 2. The minimum absolute atomic E-state index is 0. The molecular weight excluding hydrogens is 712 g/mol. The SMILES string of the molecule is COc1ccc(C(=O)C[n+]2cn([C@@H]3CC[C@@]4(C)C(=CC[C@H]5[C@@H]6C[C@@H]7O[C@]8(CC[C@@H](C)CO8)[C@@H](C)[C@@H]7[C@@]6(C)CC[C@@H]54)C3)c3cc(C)c(C)cc32)cc1.[Br-]. The first-order valence-corrected chi connectivity index (χ1v) is 20.1. The fraction of sp³-hybridized carbons (Fsp3) is 0.644. The number of hydrogen-bond acceptors (Lipinski definition) is 4. The van der Waals surface area contributed by atoms with Crippen molar-refractivity contribution in [3.63, 3.8) is 0 Å². The molecule has 1 aromatic heterocycles. The summed E-state index contributed by atoms with van der Waals surface area (Å²) < 4.78 is 23.7. The fourth-order valence-electron chi connectivity index (χ4n) is 12.8. The van der Waals surface area contributed by atoms with Crippen molar-refractivity contribution >= 4 is 16.8 Å². The van der Waals surface area contributed by atoms with Crippen molar-refractivity contribution < 1.29 is 40.6 Å². The average molecular weight is 772 g/mol. The molecule has 2 aliphatic heterocycles. The topological polar surface area (TPSA) is 53.6 Å². The normalized spacial score (nSPS) is 39.2. The van der Waals surface area contributed by atoms with Crippen LogP contribution in [0.25, 0.3) is 11.0 Å². The monoisotopic (exact) mass is 770 g/mol. The Balaban J connectivity index is 0.00000387. The number of ether oxygens (including phenoxy) is 3. The highest BCUT2D eigenvalue weighted by molar-refractivity contribution is 5.95. The number of Topliss-reactive ketones (excluding diaryl/α,β-unsaturated/α-hetero) is 1. The summed E-state index contributed by atoms with van der Waals surface area (Å²) >= 11 is 0. The molecular formula is C45H59BrN2O4. The molecule has 3 aromatic rings. The van der Waals surface area contributed by atoms with E-state index in [2.05, 4.69) is 75.2 Å². The Kier molecular flexibility index (Phi) is 9.18. The number of allylic oxidation sites excluding steroid dienone is 2. The lowest BCUT2D eigenvalue weighted by Crippen LogP contribution is -3.00. The van der Waals surface area contributed by atoms with Gasteiger partial charge >= 0.3 is 0 Å². The maximum Gasteiger partial charge on any atom is 0.245 e. The second-order valence-electron chi connectivity index (χ2n) is 18.4. The van der Waals surface area contributed by atoms with Crippen molar-refractivity contribution in [3.8, 4) is 5.75 Å². The number of imidazole rings is 1. The van der Waals surface area contributed by atoms with E-state index in [9.17, 15) is 4.79 Å². The zero-order valence-electron chi connectivity index (χ0n) is 32.4. The molecule has 1 spiro atoms. The van der Waals surface area contributed by atoms with Crippen molar-refractivity contribution in [1.29, 1.82) is 0 Å². The highest BCUT2D eigenvalue weighted by Gasteiger charge is 2.68. The van der Waals surface area contributed by atoms with Gasteiger partial charge in [-0.15, -0.1) is 0 Å². The summed E-state index contributed by atoms with van der Waals surface area (Å²) in [4.78, 5) is 13.5. The Morgan fingerprint density at radius 3 is 2.50 bits per heavy atom. The molecule has 280 valence electrons. The van der Waals surface area contributed by atoms with Gasteiger partial charge in [-0.05, 0) is 147 Å². The van der Waals surface area contributed by atoms with E-state index >= 15 is 0 Å². The minimum atomic E-state index is -0.336. The van der Waals surface area contributed by atoms with Gasteiger partial charge in [-0.3, -0.25) is 4.79 Å². The number of fused-ring (bicyclic) bond motifs is 8. The largest absolute Gasteiger partial charge is 1.00 e. The first-order valence-electron chi connectivity index (χ1n) is 20.1. The van der Waals surface area contributed by atoms with E-state index in [-0.39, 0.29) is 34.0 Å². The number of halogens is 1. The van der Waals surface area contributed by atoms with Gasteiger partial charge in [0.1, 0.15) is 11.8 Å². The summed E-state index contributed by atoms with van der Waals surface area (Å²) in [6.45, 7) is 15.6. The fourth-order valence-corrected chi connectivity index (χ4v) is 12.8. The molecule has 6 aliphatic rings. The summed E-state index contributed by atoms with van der Waals surface area (Å²) in [6.07, 6.45) is 16.2. The van der Waals surface area contributed by atoms with E-state index in [4.69, 9.17) is 14.2 Å². The number of carbonyl (C=O) groups is 1. The van der Waals surface area contributed by atoms with Crippen molar-refractivity contribution in [3.05, 3.63) is 71.1 Å². The third kappa shape index (κ3) is 5.44. The van der Waals surface area contributed by atoms with Gasteiger partial charge in [0.05, 0.1) is 19.8 Å². The van der Waals surface area contributed by atoms with Crippen LogP contribution < -0.4 is 26.3 Å². The van der Waals surface area contributed by atoms with Crippen molar-refractivity contribution in [2.45, 2.75) is 124 Å². The van der Waals surface area contributed by atoms with Gasteiger partial charge in [0, 0.05) is 24.3 Å². The van der Waals surface area contributed by atoms with Crippen molar-refractivity contribution in [1.82, 2.24) is 4.57 Å². The van der Waals surface area contributed by atoms with Crippen LogP contribution in [-0.4, -0.2) is 36.0 Å². The molecule has 0 amide bonds. The summed E-state index contributed by atoms with van der Waals surface area (Å²) in [6, 6.07) is 12.5. The highest BCUT2D eigenvalue weighted by Crippen LogP contribution is 2.71. The first kappa shape index (κ1) is 36.5. The van der Waals surface area contributed by atoms with E-state index in [0.29, 0.717) is 41.9 Å². The lowest BCUT2D eigenvalue weighted by Gasteiger charge is -2.58. The predicted octanol–water partition coefficient (Wildman–Crippen LogP) is 6.35. The van der Waals surface area contributed by atoms with Gasteiger partial charge in [0.2, 0.25) is 12.1 Å². The number of aryl methyl sites for hydroxylation is 2. The smallest absolute Gasteiger partial charge is 0.245 e. The summed E-state index contributed by atoms with van der Waals surface area (Å²) in [5.74, 6) is 4.53. The molecule has 0 unspecified atom stereocenters. The van der Waals surface area contributed by atoms with E-state index < -0.39 is 0 Å². The maximum atomic E-state index is 13.5. The van der Waals surface area contributed by atoms with Gasteiger partial charge in [0.25, 0.3) is 0 Å². The molecule has 2 aromatic carbocycles. The van der Waals surface area contributed by atoms with Crippen LogP contribution in [0.1, 0.15) is 113 Å². The Morgan fingerprint density at radius 2 is 1.77 bits per heavy atom. The molecule has 0 bridgehead atoms. The third-order valence-electron chi connectivity index (χ3n) is 15.9. The zero-order valence-corrected chi connectivity index (χ0v) is 34.0. The Morgan fingerprint density at radius 1 is 1.00 bits per heavy atom. The molecule has 7 heteroatoms. The van der Waals surface area contributed by atoms with Crippen LogP contribution in [0.15, 0.2) is 54.4 Å². The van der Waals surface area contributed by atoms with Gasteiger partial charge in [0.15, 0.2) is 23.4 Å². The molecule has 9 rings (SSSR count). The van der Waals surface area contributed by atoms with Crippen LogP contribution in [0.4, 0.5) is 0 Å². The molecule has 3 heterocycles. The Labute approximate surface area is 321 Å². The lowest BCUT2D eigenvalue weighted by atomic mass is 9.46. The maximum absolute atomic E-state index is 13.5. The molecule has 6 nitrogen and oxygen atoms in total. The second kappa shape index (κ2) is 13.1. The van der Waals surface area contributed by atoms with Gasteiger partial charge < -0.3 is 31.2 Å². The standard InChI is InChI=1S/C45H59N2O4.BrH/c1-27-14-19-45(50-25-27)30(4)42-41(51-45)23-37-35-13-10-32-22-33(15-17-43(32,5)36(35)16-18-44(37,42)6)47-26-46(38-20-28(2)29(3)21-39(38)47)24-40(48)31-8-11-34(49-7)12-9-31;/h8-12,20-21,26-27,30,33,35-37,41-42H,13-19,22-25H2,1-7H3;1H/q+1;/p-1/t27-,30+,33-,35-,36+,37+,41+,42+,43+,44+,45-;/m1./s1. The van der Waals surface area contributed by atoms with E-state index in [1.807, 2.05) is 24.3 Å². The summed E-state index contributed by atoms with van der Waals surface area (Å²) in [7, 11) is 1.66. The molecule has 5 fully saturated rings. The number of rotatable bonds is 5. The van der Waals surface area contributed by atoms with Crippen LogP contribution in [0.3, 0.4) is 0 Å². The predicted molar refractivity (Wildman–Crippen MR) is 200 cm³/mol. The van der Waals surface area contributed by atoms with Crippen molar-refractivity contribution in [2.24, 2.45) is 46.3 Å². The lowest BCUT2D eigenvalue weighted by molar-refractivity contribution is -0.658. The molecule has 0 radical (unpaired) electrons. The molecule has 3 saturated carbocycles. The van der Waals surface area contributed by atoms with Gasteiger partial charge in [-0.1, -0.05) is 39.3 Å². The number of methoxy groups -OCH3 is 1. The van der Waals surface area contributed by atoms with E-state index in [1.54, 1.807) is 12.7 Å². The number of hydrogen-bond donors (Lipinski definition) is 0. The number of carbonyl (C=O) groups excluding carboxylic acids is 1.